The first-order chi connectivity index (χ1) is 17.0. The fourth-order valence-electron chi connectivity index (χ4n) is 5.44. The summed E-state index contributed by atoms with van der Waals surface area (Å²) < 4.78 is 1.95. The average molecular weight is 498 g/mol. The maximum absolute atomic E-state index is 11.8. The molecule has 5 rings (SSSR count). The van der Waals surface area contributed by atoms with Crippen molar-refractivity contribution in [3.63, 3.8) is 0 Å². The number of nitrogens with one attached hydrogen (secondary N) is 2. The summed E-state index contributed by atoms with van der Waals surface area (Å²) >= 11 is 6.53. The second-order valence-electron chi connectivity index (χ2n) is 10.3. The quantitative estimate of drug-likeness (QED) is 0.536. The number of aromatic nitrogens is 4. The number of nitrogens with zero attached hydrogens (tertiary/aromatic N) is 5. The van der Waals surface area contributed by atoms with Gasteiger partial charge in [0, 0.05) is 49.5 Å². The molecule has 0 spiro atoms. The molecule has 188 valence electrons. The lowest BCUT2D eigenvalue weighted by Crippen LogP contribution is -2.48. The van der Waals surface area contributed by atoms with Gasteiger partial charge in [0.25, 0.3) is 0 Å². The number of anilines is 1. The second-order valence-corrected chi connectivity index (χ2v) is 10.7. The van der Waals surface area contributed by atoms with Gasteiger partial charge < -0.3 is 15.5 Å². The van der Waals surface area contributed by atoms with E-state index in [9.17, 15) is 4.79 Å². The highest BCUT2D eigenvalue weighted by Crippen LogP contribution is 2.37. The summed E-state index contributed by atoms with van der Waals surface area (Å²) in [5.41, 5.74) is 2.98. The van der Waals surface area contributed by atoms with Crippen LogP contribution in [0.25, 0.3) is 11.3 Å². The number of amides is 1. The lowest BCUT2D eigenvalue weighted by Gasteiger charge is -2.36. The van der Waals surface area contributed by atoms with Gasteiger partial charge in [0.15, 0.2) is 0 Å². The molecule has 2 aromatic heterocycles. The van der Waals surface area contributed by atoms with E-state index in [1.165, 1.54) is 24.6 Å². The third kappa shape index (κ3) is 5.86. The van der Waals surface area contributed by atoms with Crippen LogP contribution in [-0.4, -0.2) is 61.8 Å². The first kappa shape index (κ1) is 24.3. The predicted octanol–water partition coefficient (Wildman–Crippen LogP) is 3.97. The van der Waals surface area contributed by atoms with Crippen LogP contribution in [0.1, 0.15) is 57.1 Å². The maximum Gasteiger partial charge on any atom is 0.245 e. The highest BCUT2D eigenvalue weighted by atomic mass is 35.5. The number of aryl methyl sites for hydroxylation is 1. The van der Waals surface area contributed by atoms with Crippen molar-refractivity contribution in [2.75, 3.05) is 18.4 Å². The number of halogens is 1. The van der Waals surface area contributed by atoms with E-state index >= 15 is 0 Å². The standard InChI is InChI=1S/C26H36ClN7O/c1-3-24(35)34-12-10-20(11-13-34)30-18-6-8-19(9-7-18)31-26-28-16-22(27)25(32-26)21-15-29-33(2)23(21)14-17-4-5-17/h3,15-20,30H,1,4-14H2,2H3,(H,28,31,32)/t18-,19-. The molecule has 2 N–H and O–H groups in total. The summed E-state index contributed by atoms with van der Waals surface area (Å²) in [6.07, 6.45) is 15.0. The Bertz CT molecular complexity index is 1050. The average Bonchev–Trinajstić information content (AvgIpc) is 3.63. The summed E-state index contributed by atoms with van der Waals surface area (Å²) in [6, 6.07) is 1.38. The van der Waals surface area contributed by atoms with Gasteiger partial charge in [-0.25, -0.2) is 9.97 Å². The van der Waals surface area contributed by atoms with Gasteiger partial charge in [0.1, 0.15) is 0 Å². The van der Waals surface area contributed by atoms with Crippen molar-refractivity contribution >= 4 is 23.5 Å². The topological polar surface area (TPSA) is 88.0 Å². The molecule has 8 nitrogen and oxygen atoms in total. The van der Waals surface area contributed by atoms with Crippen LogP contribution in [0.4, 0.5) is 5.95 Å². The van der Waals surface area contributed by atoms with Crippen molar-refractivity contribution in [2.24, 2.45) is 13.0 Å². The molecule has 1 amide bonds. The highest BCUT2D eigenvalue weighted by Gasteiger charge is 2.28. The molecule has 0 radical (unpaired) electrons. The van der Waals surface area contributed by atoms with E-state index in [-0.39, 0.29) is 5.91 Å². The van der Waals surface area contributed by atoms with Crippen LogP contribution in [0.3, 0.4) is 0 Å². The fourth-order valence-corrected chi connectivity index (χ4v) is 5.63. The van der Waals surface area contributed by atoms with Crippen molar-refractivity contribution in [3.05, 3.63) is 35.8 Å². The molecule has 1 aliphatic heterocycles. The van der Waals surface area contributed by atoms with Crippen molar-refractivity contribution in [2.45, 2.75) is 75.9 Å². The van der Waals surface area contributed by atoms with Crippen LogP contribution in [0, 0.1) is 5.92 Å². The normalized spacial score (nSPS) is 23.3. The van der Waals surface area contributed by atoms with Gasteiger partial charge in [-0.3, -0.25) is 9.48 Å². The smallest absolute Gasteiger partial charge is 0.245 e. The number of hydrogen-bond acceptors (Lipinski definition) is 6. The first-order valence-corrected chi connectivity index (χ1v) is 13.4. The molecular weight excluding hydrogens is 462 g/mol. The van der Waals surface area contributed by atoms with Gasteiger partial charge >= 0.3 is 0 Å². The minimum Gasteiger partial charge on any atom is -0.351 e. The zero-order valence-electron chi connectivity index (χ0n) is 20.5. The summed E-state index contributed by atoms with van der Waals surface area (Å²) in [5, 5.41) is 12.4. The minimum absolute atomic E-state index is 0.0465. The Morgan fingerprint density at radius 2 is 1.77 bits per heavy atom. The van der Waals surface area contributed by atoms with Gasteiger partial charge in [0.2, 0.25) is 11.9 Å². The predicted molar refractivity (Wildman–Crippen MR) is 138 cm³/mol. The van der Waals surface area contributed by atoms with Crippen LogP contribution in [0.2, 0.25) is 5.02 Å². The molecule has 3 fully saturated rings. The van der Waals surface area contributed by atoms with E-state index in [4.69, 9.17) is 16.6 Å². The van der Waals surface area contributed by atoms with Crippen LogP contribution in [0.15, 0.2) is 25.0 Å². The van der Waals surface area contributed by atoms with Crippen LogP contribution >= 0.6 is 11.6 Å². The number of likely N-dealkylation sites (tertiary alicyclic amines) is 1. The molecular formula is C26H36ClN7O. The van der Waals surface area contributed by atoms with Crippen LogP contribution in [-0.2, 0) is 18.3 Å². The molecule has 2 saturated carbocycles. The Morgan fingerprint density at radius 3 is 2.46 bits per heavy atom. The third-order valence-corrected chi connectivity index (χ3v) is 8.03. The zero-order valence-corrected chi connectivity index (χ0v) is 21.3. The maximum atomic E-state index is 11.8. The van der Waals surface area contributed by atoms with Gasteiger partial charge in [-0.2, -0.15) is 5.10 Å². The molecule has 0 bridgehead atoms. The fraction of sp³-hybridized carbons (Fsp3) is 0.615. The Kier molecular flexibility index (Phi) is 7.39. The second kappa shape index (κ2) is 10.7. The van der Waals surface area contributed by atoms with Crippen LogP contribution in [0.5, 0.6) is 0 Å². The van der Waals surface area contributed by atoms with Crippen molar-refractivity contribution in [1.29, 1.82) is 0 Å². The van der Waals surface area contributed by atoms with E-state index in [1.54, 1.807) is 6.20 Å². The van der Waals surface area contributed by atoms with Gasteiger partial charge in [0.05, 0.1) is 23.1 Å². The lowest BCUT2D eigenvalue weighted by molar-refractivity contribution is -0.127. The molecule has 3 aliphatic rings. The minimum atomic E-state index is 0.0465. The number of piperidine rings is 1. The highest BCUT2D eigenvalue weighted by molar-refractivity contribution is 6.32. The van der Waals surface area contributed by atoms with Gasteiger partial charge in [-0.05, 0) is 69.8 Å². The Balaban J connectivity index is 1.14. The molecule has 2 aliphatic carbocycles. The zero-order chi connectivity index (χ0) is 24.4. The van der Waals surface area contributed by atoms with Crippen molar-refractivity contribution in [1.82, 2.24) is 30.0 Å². The number of carbonyl (C=O) groups excluding carboxylic acids is 1. The first-order valence-electron chi connectivity index (χ1n) is 13.0. The van der Waals surface area contributed by atoms with E-state index < -0.39 is 0 Å². The van der Waals surface area contributed by atoms with E-state index in [0.717, 1.165) is 75.2 Å². The molecule has 2 aromatic rings. The molecule has 0 aromatic carbocycles. The summed E-state index contributed by atoms with van der Waals surface area (Å²) in [4.78, 5) is 23.0. The largest absolute Gasteiger partial charge is 0.351 e. The monoisotopic (exact) mass is 497 g/mol. The number of hydrogen-bond donors (Lipinski definition) is 2. The van der Waals surface area contributed by atoms with E-state index in [1.807, 2.05) is 22.8 Å². The molecule has 1 saturated heterocycles. The van der Waals surface area contributed by atoms with Crippen LogP contribution < -0.4 is 10.6 Å². The Morgan fingerprint density at radius 1 is 1.09 bits per heavy atom. The summed E-state index contributed by atoms with van der Waals surface area (Å²) in [5.74, 6) is 1.44. The van der Waals surface area contributed by atoms with E-state index in [2.05, 4.69) is 27.3 Å². The molecule has 35 heavy (non-hydrogen) atoms. The molecule has 0 atom stereocenters. The van der Waals surface area contributed by atoms with Crippen molar-refractivity contribution < 1.29 is 4.79 Å². The van der Waals surface area contributed by atoms with E-state index in [0.29, 0.717) is 29.1 Å². The summed E-state index contributed by atoms with van der Waals surface area (Å²) in [6.45, 7) is 5.22. The number of carbonyl (C=O) groups is 1. The SMILES string of the molecule is C=CC(=O)N1CCC(N[C@H]2CC[C@H](Nc3ncc(Cl)c(-c4cnn(C)c4CC4CC4)n3)CC2)CC1. The Labute approximate surface area is 212 Å². The molecule has 9 heteroatoms. The lowest BCUT2D eigenvalue weighted by atomic mass is 9.90. The Hall–Kier alpha value is -2.45. The van der Waals surface area contributed by atoms with Gasteiger partial charge in [-0.1, -0.05) is 18.2 Å². The third-order valence-electron chi connectivity index (χ3n) is 7.75. The number of rotatable bonds is 8. The summed E-state index contributed by atoms with van der Waals surface area (Å²) in [7, 11) is 1.99. The molecule has 0 unspecified atom stereocenters. The molecule has 3 heterocycles. The van der Waals surface area contributed by atoms with Gasteiger partial charge in [-0.15, -0.1) is 0 Å². The van der Waals surface area contributed by atoms with Crippen molar-refractivity contribution in [3.8, 4) is 11.3 Å².